The molecule has 1 N–H and O–H groups in total. The molecule has 4 heteroatoms. The van der Waals surface area contributed by atoms with E-state index in [-0.39, 0.29) is 17.8 Å². The molecule has 1 aromatic carbocycles. The van der Waals surface area contributed by atoms with Gasteiger partial charge in [0, 0.05) is 6.04 Å². The van der Waals surface area contributed by atoms with Crippen LogP contribution in [0.5, 0.6) is 5.75 Å². The number of hydrogen-bond acceptors (Lipinski definition) is 2. The number of carbonyl (C=O) groups excluding carboxylic acids is 1. The van der Waals surface area contributed by atoms with E-state index in [1.165, 1.54) is 24.3 Å². The topological polar surface area (TPSA) is 38.3 Å². The van der Waals surface area contributed by atoms with Gasteiger partial charge in [-0.15, -0.1) is 0 Å². The molecule has 0 aliphatic rings. The minimum Gasteiger partial charge on any atom is -0.481 e. The van der Waals surface area contributed by atoms with Crippen LogP contribution in [-0.4, -0.2) is 18.1 Å². The van der Waals surface area contributed by atoms with Crippen LogP contribution in [0, 0.1) is 5.82 Å². The molecule has 1 atom stereocenters. The average Bonchev–Trinajstić information content (AvgIpc) is 2.38. The van der Waals surface area contributed by atoms with Crippen LogP contribution < -0.4 is 10.1 Å². The zero-order chi connectivity index (χ0) is 13.5. The van der Waals surface area contributed by atoms with Gasteiger partial charge >= 0.3 is 0 Å². The lowest BCUT2D eigenvalue weighted by Gasteiger charge is -2.19. The highest BCUT2D eigenvalue weighted by atomic mass is 19.1. The van der Waals surface area contributed by atoms with Crippen LogP contribution in [0.4, 0.5) is 4.39 Å². The van der Waals surface area contributed by atoms with Crippen molar-refractivity contribution in [3.05, 3.63) is 30.1 Å². The van der Waals surface area contributed by atoms with Gasteiger partial charge in [-0.05, 0) is 44.0 Å². The van der Waals surface area contributed by atoms with Crippen molar-refractivity contribution in [2.75, 3.05) is 0 Å². The lowest BCUT2D eigenvalue weighted by atomic mass is 10.1. The molecule has 0 aromatic heterocycles. The molecule has 0 aliphatic carbocycles. The first-order valence-corrected chi connectivity index (χ1v) is 6.29. The van der Waals surface area contributed by atoms with Crippen LogP contribution in [0.1, 0.15) is 33.6 Å². The predicted molar refractivity (Wildman–Crippen MR) is 69.0 cm³/mol. The highest BCUT2D eigenvalue weighted by molar-refractivity contribution is 5.80. The summed E-state index contributed by atoms with van der Waals surface area (Å²) in [5.41, 5.74) is 0. The normalized spacial score (nSPS) is 12.3. The fourth-order valence-corrected chi connectivity index (χ4v) is 1.58. The van der Waals surface area contributed by atoms with Gasteiger partial charge < -0.3 is 10.1 Å². The fourth-order valence-electron chi connectivity index (χ4n) is 1.58. The third-order valence-corrected chi connectivity index (χ3v) is 2.83. The Kier molecular flexibility index (Phi) is 5.62. The zero-order valence-electron chi connectivity index (χ0n) is 11.1. The highest BCUT2D eigenvalue weighted by Gasteiger charge is 2.17. The number of ether oxygens (including phenoxy) is 1. The van der Waals surface area contributed by atoms with Gasteiger partial charge in [-0.3, -0.25) is 4.79 Å². The summed E-state index contributed by atoms with van der Waals surface area (Å²) in [5.74, 6) is 0.0214. The van der Waals surface area contributed by atoms with Crippen LogP contribution in [0.2, 0.25) is 0 Å². The second kappa shape index (κ2) is 6.99. The molecule has 1 rings (SSSR count). The molecule has 0 saturated carbocycles. The van der Waals surface area contributed by atoms with Crippen molar-refractivity contribution in [3.63, 3.8) is 0 Å². The molecular formula is C14H20FNO2. The van der Waals surface area contributed by atoms with E-state index in [0.717, 1.165) is 12.8 Å². The van der Waals surface area contributed by atoms with Crippen LogP contribution in [0.3, 0.4) is 0 Å². The maximum Gasteiger partial charge on any atom is 0.260 e. The van der Waals surface area contributed by atoms with E-state index in [2.05, 4.69) is 5.32 Å². The van der Waals surface area contributed by atoms with Gasteiger partial charge in [0.15, 0.2) is 6.10 Å². The Hall–Kier alpha value is -1.58. The number of hydrogen-bond donors (Lipinski definition) is 1. The van der Waals surface area contributed by atoms with Gasteiger partial charge in [0.2, 0.25) is 0 Å². The van der Waals surface area contributed by atoms with Gasteiger partial charge in [0.25, 0.3) is 5.91 Å². The van der Waals surface area contributed by atoms with Crippen LogP contribution >= 0.6 is 0 Å². The Morgan fingerprint density at radius 2 is 1.83 bits per heavy atom. The van der Waals surface area contributed by atoms with Gasteiger partial charge in [-0.1, -0.05) is 13.8 Å². The van der Waals surface area contributed by atoms with E-state index in [1.54, 1.807) is 6.92 Å². The molecule has 0 heterocycles. The SMILES string of the molecule is CCC(CC)NC(=O)[C@H](C)Oc1ccc(F)cc1. The lowest BCUT2D eigenvalue weighted by Crippen LogP contribution is -2.42. The van der Waals surface area contributed by atoms with Crippen LogP contribution in [0.25, 0.3) is 0 Å². The molecule has 0 fully saturated rings. The first-order valence-electron chi connectivity index (χ1n) is 6.29. The van der Waals surface area contributed by atoms with E-state index in [4.69, 9.17) is 4.74 Å². The van der Waals surface area contributed by atoms with E-state index >= 15 is 0 Å². The number of rotatable bonds is 6. The van der Waals surface area contributed by atoms with E-state index in [1.807, 2.05) is 13.8 Å². The Morgan fingerprint density at radius 3 is 2.33 bits per heavy atom. The number of benzene rings is 1. The van der Waals surface area contributed by atoms with Crippen molar-refractivity contribution in [1.82, 2.24) is 5.32 Å². The number of halogens is 1. The second-order valence-corrected chi connectivity index (χ2v) is 4.24. The van der Waals surface area contributed by atoms with E-state index < -0.39 is 6.10 Å². The summed E-state index contributed by atoms with van der Waals surface area (Å²) in [6.45, 7) is 5.74. The Morgan fingerprint density at radius 1 is 1.28 bits per heavy atom. The molecule has 0 bridgehead atoms. The number of amides is 1. The first-order chi connectivity index (χ1) is 8.56. The molecular weight excluding hydrogens is 233 g/mol. The molecule has 0 spiro atoms. The summed E-state index contributed by atoms with van der Waals surface area (Å²) >= 11 is 0. The van der Waals surface area contributed by atoms with Crippen molar-refractivity contribution in [3.8, 4) is 5.75 Å². The van der Waals surface area contributed by atoms with Gasteiger partial charge in [-0.25, -0.2) is 4.39 Å². The second-order valence-electron chi connectivity index (χ2n) is 4.24. The van der Waals surface area contributed by atoms with Crippen molar-refractivity contribution in [2.45, 2.75) is 45.8 Å². The molecule has 1 aromatic rings. The minimum atomic E-state index is -0.587. The van der Waals surface area contributed by atoms with Gasteiger partial charge in [0.05, 0.1) is 0 Å². The fraction of sp³-hybridized carbons (Fsp3) is 0.500. The average molecular weight is 253 g/mol. The molecule has 100 valence electrons. The number of carbonyl (C=O) groups is 1. The predicted octanol–water partition coefficient (Wildman–Crippen LogP) is 2.90. The monoisotopic (exact) mass is 253 g/mol. The molecule has 0 aliphatic heterocycles. The highest BCUT2D eigenvalue weighted by Crippen LogP contribution is 2.13. The lowest BCUT2D eigenvalue weighted by molar-refractivity contribution is -0.128. The Balaban J connectivity index is 2.51. The summed E-state index contributed by atoms with van der Waals surface area (Å²) in [6.07, 6.45) is 1.20. The Bertz CT molecular complexity index is 374. The maximum absolute atomic E-state index is 12.7. The third-order valence-electron chi connectivity index (χ3n) is 2.83. The molecule has 0 unspecified atom stereocenters. The summed E-state index contributed by atoms with van der Waals surface area (Å²) < 4.78 is 18.2. The van der Waals surface area contributed by atoms with Crippen molar-refractivity contribution in [1.29, 1.82) is 0 Å². The minimum absolute atomic E-state index is 0.145. The summed E-state index contributed by atoms with van der Waals surface area (Å²) in [6, 6.07) is 5.81. The first kappa shape index (κ1) is 14.5. The Labute approximate surface area is 107 Å². The van der Waals surface area contributed by atoms with Crippen LogP contribution in [-0.2, 0) is 4.79 Å². The smallest absolute Gasteiger partial charge is 0.260 e. The summed E-state index contributed by atoms with van der Waals surface area (Å²) in [4.78, 5) is 11.8. The maximum atomic E-state index is 12.7. The van der Waals surface area contributed by atoms with E-state index in [0.29, 0.717) is 5.75 Å². The molecule has 1 amide bonds. The van der Waals surface area contributed by atoms with E-state index in [9.17, 15) is 9.18 Å². The van der Waals surface area contributed by atoms with Crippen molar-refractivity contribution < 1.29 is 13.9 Å². The molecule has 0 saturated heterocycles. The quantitative estimate of drug-likeness (QED) is 0.846. The van der Waals surface area contributed by atoms with Gasteiger partial charge in [-0.2, -0.15) is 0 Å². The van der Waals surface area contributed by atoms with Crippen molar-refractivity contribution in [2.24, 2.45) is 0 Å². The molecule has 3 nitrogen and oxygen atoms in total. The van der Waals surface area contributed by atoms with Gasteiger partial charge in [0.1, 0.15) is 11.6 Å². The number of nitrogens with one attached hydrogen (secondary N) is 1. The molecule has 18 heavy (non-hydrogen) atoms. The van der Waals surface area contributed by atoms with Crippen LogP contribution in [0.15, 0.2) is 24.3 Å². The largest absolute Gasteiger partial charge is 0.481 e. The standard InChI is InChI=1S/C14H20FNO2/c1-4-12(5-2)16-14(17)10(3)18-13-8-6-11(15)7-9-13/h6-10,12H,4-5H2,1-3H3,(H,16,17)/t10-/m0/s1. The van der Waals surface area contributed by atoms with Crippen molar-refractivity contribution >= 4 is 5.91 Å². The third kappa shape index (κ3) is 4.35. The molecule has 0 radical (unpaired) electrons. The summed E-state index contributed by atoms with van der Waals surface area (Å²) in [5, 5.41) is 2.91. The summed E-state index contributed by atoms with van der Waals surface area (Å²) in [7, 11) is 0. The zero-order valence-corrected chi connectivity index (χ0v) is 11.1.